The Kier molecular flexibility index (Phi) is 5.49. The predicted octanol–water partition coefficient (Wildman–Crippen LogP) is 3.47. The van der Waals surface area contributed by atoms with Crippen LogP contribution in [-0.4, -0.2) is 23.2 Å². The van der Waals surface area contributed by atoms with Crippen molar-refractivity contribution < 1.29 is 19.2 Å². The highest BCUT2D eigenvalue weighted by Gasteiger charge is 2.18. The molecule has 0 radical (unpaired) electrons. The van der Waals surface area contributed by atoms with Crippen LogP contribution >= 0.6 is 11.6 Å². The minimum Gasteiger partial charge on any atom is -0.480 e. The van der Waals surface area contributed by atoms with Gasteiger partial charge < -0.3 is 10.1 Å². The van der Waals surface area contributed by atoms with E-state index in [-0.39, 0.29) is 17.0 Å². The maximum absolute atomic E-state index is 12.1. The number of ether oxygens (including phenoxy) is 1. The molecule has 7 nitrogen and oxygen atoms in total. The monoisotopic (exact) mass is 348 g/mol. The summed E-state index contributed by atoms with van der Waals surface area (Å²) in [6, 6.07) is 10.2. The zero-order chi connectivity index (χ0) is 17.7. The van der Waals surface area contributed by atoms with Crippen LogP contribution in [0.2, 0.25) is 5.02 Å². The first-order valence-corrected chi connectivity index (χ1v) is 7.25. The van der Waals surface area contributed by atoms with Gasteiger partial charge in [-0.3, -0.25) is 19.7 Å². The highest BCUT2D eigenvalue weighted by atomic mass is 35.5. The summed E-state index contributed by atoms with van der Waals surface area (Å²) in [6.45, 7) is 1.50. The number of benzene rings is 2. The van der Waals surface area contributed by atoms with E-state index in [1.165, 1.54) is 19.1 Å². The largest absolute Gasteiger partial charge is 0.480 e. The van der Waals surface area contributed by atoms with E-state index in [9.17, 15) is 19.7 Å². The molecule has 0 aromatic heterocycles. The van der Waals surface area contributed by atoms with Gasteiger partial charge in [-0.1, -0.05) is 17.7 Å². The van der Waals surface area contributed by atoms with Gasteiger partial charge in [-0.25, -0.2) is 0 Å². The summed E-state index contributed by atoms with van der Waals surface area (Å²) in [5.41, 5.74) is 0.259. The summed E-state index contributed by atoms with van der Waals surface area (Å²) in [6.07, 6.45) is -0.492. The SMILES string of the molecule is C[C@H](Oc1ccc([N+](=O)[O-])cc1C=O)C(=O)Nc1cccc(Cl)c1. The van der Waals surface area contributed by atoms with Gasteiger partial charge in [-0.05, 0) is 31.2 Å². The summed E-state index contributed by atoms with van der Waals surface area (Å²) >= 11 is 5.84. The van der Waals surface area contributed by atoms with Gasteiger partial charge in [0.05, 0.1) is 10.5 Å². The number of rotatable bonds is 6. The molecule has 2 aromatic rings. The van der Waals surface area contributed by atoms with E-state index in [4.69, 9.17) is 16.3 Å². The third kappa shape index (κ3) is 4.30. The van der Waals surface area contributed by atoms with Crippen LogP contribution in [0.5, 0.6) is 5.75 Å². The van der Waals surface area contributed by atoms with E-state index in [1.54, 1.807) is 24.3 Å². The number of hydrogen-bond acceptors (Lipinski definition) is 5. The Morgan fingerprint density at radius 1 is 1.33 bits per heavy atom. The molecule has 0 saturated heterocycles. The average Bonchev–Trinajstić information content (AvgIpc) is 2.54. The molecule has 2 aromatic carbocycles. The number of carbonyl (C=O) groups excluding carboxylic acids is 2. The van der Waals surface area contributed by atoms with Crippen LogP contribution in [0.15, 0.2) is 42.5 Å². The highest BCUT2D eigenvalue weighted by molar-refractivity contribution is 6.30. The molecule has 1 amide bonds. The second-order valence-electron chi connectivity index (χ2n) is 4.86. The lowest BCUT2D eigenvalue weighted by Crippen LogP contribution is -2.30. The standard InChI is InChI=1S/C16H13ClN2O5/c1-10(16(21)18-13-4-2-3-12(17)8-13)24-15-6-5-14(19(22)23)7-11(15)9-20/h2-10H,1H3,(H,18,21)/t10-/m0/s1. The van der Waals surface area contributed by atoms with Crippen LogP contribution in [0.3, 0.4) is 0 Å². The van der Waals surface area contributed by atoms with Gasteiger partial charge in [0.1, 0.15) is 5.75 Å². The fraction of sp³-hybridized carbons (Fsp3) is 0.125. The molecule has 0 bridgehead atoms. The van der Waals surface area contributed by atoms with E-state index in [1.807, 2.05) is 0 Å². The zero-order valence-corrected chi connectivity index (χ0v) is 13.3. The third-order valence-electron chi connectivity index (χ3n) is 3.10. The molecule has 0 aliphatic carbocycles. The van der Waals surface area contributed by atoms with Crippen molar-refractivity contribution in [2.45, 2.75) is 13.0 Å². The third-order valence-corrected chi connectivity index (χ3v) is 3.33. The van der Waals surface area contributed by atoms with E-state index < -0.39 is 16.9 Å². The topological polar surface area (TPSA) is 98.5 Å². The van der Waals surface area contributed by atoms with Crippen LogP contribution < -0.4 is 10.1 Å². The van der Waals surface area contributed by atoms with Crippen molar-refractivity contribution in [3.8, 4) is 5.75 Å². The van der Waals surface area contributed by atoms with Crippen LogP contribution in [-0.2, 0) is 4.79 Å². The van der Waals surface area contributed by atoms with Crippen molar-refractivity contribution >= 4 is 35.2 Å². The van der Waals surface area contributed by atoms with Crippen LogP contribution in [0.25, 0.3) is 0 Å². The molecule has 0 heterocycles. The number of aldehydes is 1. The number of nitro groups is 1. The molecule has 2 rings (SSSR count). The Bertz CT molecular complexity index is 794. The normalized spacial score (nSPS) is 11.4. The maximum Gasteiger partial charge on any atom is 0.270 e. The smallest absolute Gasteiger partial charge is 0.270 e. The number of nitrogens with one attached hydrogen (secondary N) is 1. The van der Waals surface area contributed by atoms with Crippen molar-refractivity contribution in [1.82, 2.24) is 0 Å². The molecule has 1 N–H and O–H groups in total. The zero-order valence-electron chi connectivity index (χ0n) is 12.6. The molecule has 124 valence electrons. The summed E-state index contributed by atoms with van der Waals surface area (Å²) in [5, 5.41) is 13.8. The van der Waals surface area contributed by atoms with Crippen molar-refractivity contribution in [3.63, 3.8) is 0 Å². The van der Waals surface area contributed by atoms with Gasteiger partial charge in [0.2, 0.25) is 0 Å². The second kappa shape index (κ2) is 7.56. The second-order valence-corrected chi connectivity index (χ2v) is 5.29. The Balaban J connectivity index is 2.11. The van der Waals surface area contributed by atoms with Gasteiger partial charge in [0.15, 0.2) is 12.4 Å². The summed E-state index contributed by atoms with van der Waals surface area (Å²) in [7, 11) is 0. The molecular formula is C16H13ClN2O5. The molecule has 0 fully saturated rings. The first-order valence-electron chi connectivity index (χ1n) is 6.87. The van der Waals surface area contributed by atoms with E-state index in [0.29, 0.717) is 17.0 Å². The van der Waals surface area contributed by atoms with Crippen molar-refractivity contribution in [2.24, 2.45) is 0 Å². The Hall–Kier alpha value is -2.93. The molecule has 24 heavy (non-hydrogen) atoms. The van der Waals surface area contributed by atoms with E-state index >= 15 is 0 Å². The van der Waals surface area contributed by atoms with E-state index in [2.05, 4.69) is 5.32 Å². The fourth-order valence-corrected chi connectivity index (χ4v) is 2.09. The molecule has 8 heteroatoms. The molecule has 0 aliphatic rings. The lowest BCUT2D eigenvalue weighted by molar-refractivity contribution is -0.384. The number of nitrogens with zero attached hydrogens (tertiary/aromatic N) is 1. The minimum absolute atomic E-state index is 0.00777. The van der Waals surface area contributed by atoms with Gasteiger partial charge in [0, 0.05) is 22.8 Å². The van der Waals surface area contributed by atoms with Gasteiger partial charge >= 0.3 is 0 Å². The summed E-state index contributed by atoms with van der Waals surface area (Å²) in [4.78, 5) is 33.3. The van der Waals surface area contributed by atoms with Crippen LogP contribution in [0, 0.1) is 10.1 Å². The number of amides is 1. The fourth-order valence-electron chi connectivity index (χ4n) is 1.90. The van der Waals surface area contributed by atoms with Gasteiger partial charge in [-0.2, -0.15) is 0 Å². The highest BCUT2D eigenvalue weighted by Crippen LogP contribution is 2.24. The lowest BCUT2D eigenvalue weighted by atomic mass is 10.2. The van der Waals surface area contributed by atoms with Gasteiger partial charge in [-0.15, -0.1) is 0 Å². The number of hydrogen-bond donors (Lipinski definition) is 1. The molecule has 1 atom stereocenters. The molecule has 0 unspecified atom stereocenters. The Labute approximate surface area is 142 Å². The number of non-ortho nitro benzene ring substituents is 1. The van der Waals surface area contributed by atoms with Crippen LogP contribution in [0.4, 0.5) is 11.4 Å². The molecule has 0 aliphatic heterocycles. The quantitative estimate of drug-likeness (QED) is 0.489. The van der Waals surface area contributed by atoms with Crippen molar-refractivity contribution in [1.29, 1.82) is 0 Å². The predicted molar refractivity (Wildman–Crippen MR) is 88.7 cm³/mol. The van der Waals surface area contributed by atoms with Crippen LogP contribution in [0.1, 0.15) is 17.3 Å². The summed E-state index contributed by atoms with van der Waals surface area (Å²) < 4.78 is 5.44. The molecule has 0 saturated carbocycles. The molecule has 0 spiro atoms. The lowest BCUT2D eigenvalue weighted by Gasteiger charge is -2.16. The number of halogens is 1. The number of nitro benzene ring substituents is 1. The summed E-state index contributed by atoms with van der Waals surface area (Å²) in [5.74, 6) is -0.364. The van der Waals surface area contributed by atoms with Gasteiger partial charge in [0.25, 0.3) is 11.6 Å². The maximum atomic E-state index is 12.1. The first-order chi connectivity index (χ1) is 11.4. The Morgan fingerprint density at radius 3 is 2.71 bits per heavy atom. The number of anilines is 1. The Morgan fingerprint density at radius 2 is 2.08 bits per heavy atom. The average molecular weight is 349 g/mol. The minimum atomic E-state index is -0.927. The van der Waals surface area contributed by atoms with E-state index in [0.717, 1.165) is 6.07 Å². The van der Waals surface area contributed by atoms with Crippen molar-refractivity contribution in [3.05, 3.63) is 63.2 Å². The van der Waals surface area contributed by atoms with Crippen molar-refractivity contribution in [2.75, 3.05) is 5.32 Å². The number of carbonyl (C=O) groups is 2. The molecular weight excluding hydrogens is 336 g/mol. The first kappa shape index (κ1) is 17.4.